The summed E-state index contributed by atoms with van der Waals surface area (Å²) in [5.41, 5.74) is 0. The quantitative estimate of drug-likeness (QED) is 0.584. The smallest absolute Gasteiger partial charge is 0.117 e. The van der Waals surface area contributed by atoms with Gasteiger partial charge < -0.3 is 5.11 Å². The first-order chi connectivity index (χ1) is 5.18. The minimum Gasteiger partial charge on any atom is -0.377 e. The molecule has 0 aromatic rings. The Morgan fingerprint density at radius 3 is 2.91 bits per heavy atom. The molecule has 0 aliphatic carbocycles. The zero-order valence-electron chi connectivity index (χ0n) is 7.30. The molecule has 3 nitrogen and oxygen atoms in total. The van der Waals surface area contributed by atoms with Gasteiger partial charge in [-0.25, -0.2) is 0 Å². The lowest BCUT2D eigenvalue weighted by atomic mass is 10.2. The summed E-state index contributed by atoms with van der Waals surface area (Å²) >= 11 is 0. The van der Waals surface area contributed by atoms with E-state index in [1.165, 1.54) is 5.92 Å². The van der Waals surface area contributed by atoms with Crippen LogP contribution in [0.4, 0.5) is 0 Å². The molecule has 1 heterocycles. The van der Waals surface area contributed by atoms with Crippen molar-refractivity contribution in [1.29, 1.82) is 0 Å². The van der Waals surface area contributed by atoms with Gasteiger partial charge in [-0.15, -0.1) is 0 Å². The maximum atomic E-state index is 9.23. The van der Waals surface area contributed by atoms with E-state index in [2.05, 4.69) is 24.1 Å². The summed E-state index contributed by atoms with van der Waals surface area (Å²) in [5.74, 6) is 1.40. The fraction of sp³-hybridized carbons (Fsp3) is 0.875. The van der Waals surface area contributed by atoms with Crippen molar-refractivity contribution in [3.8, 4) is 0 Å². The highest BCUT2D eigenvalue weighted by Crippen LogP contribution is 2.03. The SMILES string of the molecule is C[C](C)CN1CCNC(O)C1. The Kier molecular flexibility index (Phi) is 3.30. The number of aliphatic hydroxyl groups is 1. The average molecular weight is 157 g/mol. The lowest BCUT2D eigenvalue weighted by Gasteiger charge is -2.31. The number of hydrogen-bond donors (Lipinski definition) is 2. The van der Waals surface area contributed by atoms with Crippen LogP contribution < -0.4 is 5.32 Å². The summed E-state index contributed by atoms with van der Waals surface area (Å²) in [4.78, 5) is 2.26. The fourth-order valence-electron chi connectivity index (χ4n) is 1.38. The van der Waals surface area contributed by atoms with Crippen LogP contribution in [0.1, 0.15) is 13.8 Å². The van der Waals surface area contributed by atoms with E-state index in [1.54, 1.807) is 0 Å². The van der Waals surface area contributed by atoms with Crippen molar-refractivity contribution < 1.29 is 5.11 Å². The number of rotatable bonds is 2. The summed E-state index contributed by atoms with van der Waals surface area (Å²) in [6.45, 7) is 7.95. The predicted octanol–water partition coefficient (Wildman–Crippen LogP) is -0.176. The van der Waals surface area contributed by atoms with Crippen LogP contribution in [-0.2, 0) is 0 Å². The lowest BCUT2D eigenvalue weighted by molar-refractivity contribution is 0.0569. The van der Waals surface area contributed by atoms with Gasteiger partial charge in [-0.3, -0.25) is 10.2 Å². The van der Waals surface area contributed by atoms with E-state index in [1.807, 2.05) is 0 Å². The van der Waals surface area contributed by atoms with Crippen LogP contribution in [0.15, 0.2) is 0 Å². The largest absolute Gasteiger partial charge is 0.377 e. The molecule has 2 N–H and O–H groups in total. The second-order valence-corrected chi connectivity index (χ2v) is 3.41. The molecule has 1 rings (SSSR count). The van der Waals surface area contributed by atoms with Gasteiger partial charge in [-0.2, -0.15) is 0 Å². The highest BCUT2D eigenvalue weighted by Gasteiger charge is 2.16. The molecule has 1 unspecified atom stereocenters. The molecule has 0 bridgehead atoms. The second-order valence-electron chi connectivity index (χ2n) is 3.41. The molecule has 11 heavy (non-hydrogen) atoms. The van der Waals surface area contributed by atoms with Crippen molar-refractivity contribution in [3.05, 3.63) is 5.92 Å². The summed E-state index contributed by atoms with van der Waals surface area (Å²) in [6, 6.07) is 0. The van der Waals surface area contributed by atoms with Crippen molar-refractivity contribution in [2.75, 3.05) is 26.2 Å². The topological polar surface area (TPSA) is 35.5 Å². The molecule has 1 atom stereocenters. The number of piperazine rings is 1. The number of β-amino-alcohol motifs (C(OH)–C–C–N with tert-alkyl or cyclic N) is 1. The Labute approximate surface area is 68.4 Å². The van der Waals surface area contributed by atoms with E-state index in [9.17, 15) is 5.11 Å². The minimum absolute atomic E-state index is 0.330. The van der Waals surface area contributed by atoms with Gasteiger partial charge in [0.1, 0.15) is 6.23 Å². The summed E-state index contributed by atoms with van der Waals surface area (Å²) < 4.78 is 0. The standard InChI is InChI=1S/C8H17N2O/c1-7(2)5-10-4-3-9-8(11)6-10/h8-9,11H,3-6H2,1-2H3. The predicted molar refractivity (Wildman–Crippen MR) is 45.0 cm³/mol. The van der Waals surface area contributed by atoms with E-state index >= 15 is 0 Å². The molecule has 0 amide bonds. The fourth-order valence-corrected chi connectivity index (χ4v) is 1.38. The average Bonchev–Trinajstić information content (AvgIpc) is 1.85. The monoisotopic (exact) mass is 157 g/mol. The third-order valence-electron chi connectivity index (χ3n) is 1.78. The van der Waals surface area contributed by atoms with Crippen LogP contribution in [-0.4, -0.2) is 42.4 Å². The summed E-state index contributed by atoms with van der Waals surface area (Å²) in [5, 5.41) is 12.2. The Bertz CT molecular complexity index is 115. The maximum absolute atomic E-state index is 9.23. The zero-order chi connectivity index (χ0) is 8.27. The van der Waals surface area contributed by atoms with Crippen LogP contribution in [0.2, 0.25) is 0 Å². The van der Waals surface area contributed by atoms with Gasteiger partial charge in [0.15, 0.2) is 0 Å². The molecule has 1 aliphatic heterocycles. The first-order valence-electron chi connectivity index (χ1n) is 4.11. The second kappa shape index (κ2) is 4.04. The molecule has 0 aromatic heterocycles. The lowest BCUT2D eigenvalue weighted by Crippen LogP contribution is -2.51. The van der Waals surface area contributed by atoms with E-state index in [0.29, 0.717) is 0 Å². The number of aliphatic hydroxyl groups excluding tert-OH is 1. The molecule has 1 aliphatic rings. The van der Waals surface area contributed by atoms with Crippen molar-refractivity contribution >= 4 is 0 Å². The Morgan fingerprint density at radius 2 is 2.36 bits per heavy atom. The van der Waals surface area contributed by atoms with E-state index in [4.69, 9.17) is 0 Å². The van der Waals surface area contributed by atoms with Crippen LogP contribution in [0.3, 0.4) is 0 Å². The van der Waals surface area contributed by atoms with Crippen LogP contribution in [0.5, 0.6) is 0 Å². The van der Waals surface area contributed by atoms with Crippen molar-refractivity contribution in [2.45, 2.75) is 20.1 Å². The molecule has 0 saturated carbocycles. The van der Waals surface area contributed by atoms with Gasteiger partial charge in [0.2, 0.25) is 0 Å². The van der Waals surface area contributed by atoms with Crippen molar-refractivity contribution in [3.63, 3.8) is 0 Å². The highest BCUT2D eigenvalue weighted by molar-refractivity contribution is 4.84. The third-order valence-corrected chi connectivity index (χ3v) is 1.78. The molecule has 65 valence electrons. The van der Waals surface area contributed by atoms with Gasteiger partial charge in [0.25, 0.3) is 0 Å². The number of nitrogens with one attached hydrogen (secondary N) is 1. The van der Waals surface area contributed by atoms with Gasteiger partial charge in [0.05, 0.1) is 0 Å². The maximum Gasteiger partial charge on any atom is 0.117 e. The molecule has 1 fully saturated rings. The van der Waals surface area contributed by atoms with Crippen LogP contribution in [0.25, 0.3) is 0 Å². The van der Waals surface area contributed by atoms with Gasteiger partial charge in [-0.1, -0.05) is 13.8 Å². The minimum atomic E-state index is -0.330. The van der Waals surface area contributed by atoms with Gasteiger partial charge in [-0.05, 0) is 5.92 Å². The van der Waals surface area contributed by atoms with E-state index < -0.39 is 0 Å². The van der Waals surface area contributed by atoms with Crippen molar-refractivity contribution in [1.82, 2.24) is 10.2 Å². The van der Waals surface area contributed by atoms with Crippen LogP contribution in [0, 0.1) is 5.92 Å². The molecular weight excluding hydrogens is 140 g/mol. The molecule has 1 radical (unpaired) electrons. The number of hydrogen-bond acceptors (Lipinski definition) is 3. The molecule has 3 heteroatoms. The molecular formula is C8H17N2O. The highest BCUT2D eigenvalue weighted by atomic mass is 16.3. The molecule has 0 spiro atoms. The van der Waals surface area contributed by atoms with Crippen LogP contribution >= 0.6 is 0 Å². The molecule has 1 saturated heterocycles. The third kappa shape index (κ3) is 3.18. The van der Waals surface area contributed by atoms with Crippen molar-refractivity contribution in [2.24, 2.45) is 0 Å². The molecule has 0 aromatic carbocycles. The Balaban J connectivity index is 2.23. The Hall–Kier alpha value is -0.120. The summed E-state index contributed by atoms with van der Waals surface area (Å²) in [7, 11) is 0. The first-order valence-corrected chi connectivity index (χ1v) is 4.11. The summed E-state index contributed by atoms with van der Waals surface area (Å²) in [6.07, 6.45) is -0.330. The first kappa shape index (κ1) is 8.97. The normalized spacial score (nSPS) is 27.8. The van der Waals surface area contributed by atoms with Gasteiger partial charge in [0, 0.05) is 26.2 Å². The van der Waals surface area contributed by atoms with E-state index in [0.717, 1.165) is 26.2 Å². The van der Waals surface area contributed by atoms with E-state index in [-0.39, 0.29) is 6.23 Å². The Morgan fingerprint density at radius 1 is 1.64 bits per heavy atom. The van der Waals surface area contributed by atoms with Gasteiger partial charge >= 0.3 is 0 Å². The number of nitrogens with zero attached hydrogens (tertiary/aromatic N) is 1. The zero-order valence-corrected chi connectivity index (χ0v) is 7.30.